The zero-order chi connectivity index (χ0) is 22.5. The van der Waals surface area contributed by atoms with Crippen LogP contribution in [-0.4, -0.2) is 65.8 Å². The quantitative estimate of drug-likeness (QED) is 0.688. The van der Waals surface area contributed by atoms with E-state index in [1.807, 2.05) is 25.7 Å². The van der Waals surface area contributed by atoms with Crippen molar-refractivity contribution in [3.05, 3.63) is 28.2 Å². The van der Waals surface area contributed by atoms with Gasteiger partial charge in [-0.1, -0.05) is 29.6 Å². The van der Waals surface area contributed by atoms with Crippen LogP contribution in [0.4, 0.5) is 5.69 Å². The largest absolute Gasteiger partial charge is 0.350 e. The third kappa shape index (κ3) is 7.45. The number of hydrogen-bond acceptors (Lipinski definition) is 4. The maximum Gasteiger partial charge on any atom is 0.241 e. The summed E-state index contributed by atoms with van der Waals surface area (Å²) in [5, 5.41) is 6.47. The van der Waals surface area contributed by atoms with Gasteiger partial charge in [-0.15, -0.1) is 0 Å². The number of amides is 3. The van der Waals surface area contributed by atoms with Gasteiger partial charge in [-0.2, -0.15) is 0 Å². The number of rotatable bonds is 6. The Hall–Kier alpha value is -1.83. The highest BCUT2D eigenvalue weighted by Crippen LogP contribution is 2.26. The SMILES string of the molecule is CN(CC(=O)NC(C)(C)C)C(=O)CN1CCCCC1C(=O)Nc1ccc(Cl)c(Cl)c1. The molecule has 1 heterocycles. The lowest BCUT2D eigenvalue weighted by Gasteiger charge is -2.35. The molecule has 0 bridgehead atoms. The summed E-state index contributed by atoms with van der Waals surface area (Å²) in [6, 6.07) is 4.49. The van der Waals surface area contributed by atoms with E-state index in [1.165, 1.54) is 4.90 Å². The van der Waals surface area contributed by atoms with Gasteiger partial charge in [0.15, 0.2) is 0 Å². The molecule has 1 aromatic rings. The molecule has 1 atom stereocenters. The van der Waals surface area contributed by atoms with Crippen molar-refractivity contribution in [3.63, 3.8) is 0 Å². The van der Waals surface area contributed by atoms with Crippen molar-refractivity contribution in [3.8, 4) is 0 Å². The molecule has 0 aromatic heterocycles. The average molecular weight is 457 g/mol. The molecule has 1 aliphatic rings. The van der Waals surface area contributed by atoms with E-state index >= 15 is 0 Å². The number of benzene rings is 1. The first-order chi connectivity index (χ1) is 14.0. The standard InChI is InChI=1S/C21H30Cl2N4O3/c1-21(2,3)25-18(28)12-26(4)19(29)13-27-10-6-5-7-17(27)20(30)24-14-8-9-15(22)16(23)11-14/h8-9,11,17H,5-7,10,12-13H2,1-4H3,(H,24,30)(H,25,28). The van der Waals surface area contributed by atoms with Crippen molar-refractivity contribution in [2.75, 3.05) is 32.0 Å². The minimum atomic E-state index is -0.422. The molecule has 1 fully saturated rings. The summed E-state index contributed by atoms with van der Waals surface area (Å²) < 4.78 is 0. The number of carbonyl (C=O) groups is 3. The Balaban J connectivity index is 1.97. The molecule has 1 aromatic carbocycles. The maximum atomic E-state index is 12.8. The number of hydrogen-bond donors (Lipinski definition) is 2. The Labute approximate surface area is 188 Å². The van der Waals surface area contributed by atoms with E-state index in [-0.39, 0.29) is 36.3 Å². The van der Waals surface area contributed by atoms with Gasteiger partial charge in [0.25, 0.3) is 0 Å². The van der Waals surface area contributed by atoms with Gasteiger partial charge in [0.2, 0.25) is 17.7 Å². The second-order valence-electron chi connectivity index (χ2n) is 8.65. The van der Waals surface area contributed by atoms with Gasteiger partial charge in [-0.05, 0) is 58.4 Å². The van der Waals surface area contributed by atoms with E-state index < -0.39 is 6.04 Å². The van der Waals surface area contributed by atoms with Crippen molar-refractivity contribution in [1.29, 1.82) is 0 Å². The predicted molar refractivity (Wildman–Crippen MR) is 120 cm³/mol. The number of carbonyl (C=O) groups excluding carboxylic acids is 3. The first-order valence-electron chi connectivity index (χ1n) is 10.0. The summed E-state index contributed by atoms with van der Waals surface area (Å²) in [5.41, 5.74) is 0.198. The van der Waals surface area contributed by atoms with Crippen molar-refractivity contribution in [1.82, 2.24) is 15.1 Å². The third-order valence-corrected chi connectivity index (χ3v) is 5.50. The van der Waals surface area contributed by atoms with Crippen LogP contribution in [0.1, 0.15) is 40.0 Å². The highest BCUT2D eigenvalue weighted by atomic mass is 35.5. The van der Waals surface area contributed by atoms with Crippen LogP contribution >= 0.6 is 23.2 Å². The molecule has 0 radical (unpaired) electrons. The molecule has 166 valence electrons. The van der Waals surface area contributed by atoms with Gasteiger partial charge in [0.05, 0.1) is 29.2 Å². The smallest absolute Gasteiger partial charge is 0.241 e. The fourth-order valence-electron chi connectivity index (χ4n) is 3.33. The molecule has 2 N–H and O–H groups in total. The molecule has 1 saturated heterocycles. The van der Waals surface area contributed by atoms with Gasteiger partial charge in [0.1, 0.15) is 0 Å². The van der Waals surface area contributed by atoms with E-state index in [2.05, 4.69) is 10.6 Å². The number of piperidine rings is 1. The van der Waals surface area contributed by atoms with Crippen LogP contribution in [0.25, 0.3) is 0 Å². The molecule has 7 nitrogen and oxygen atoms in total. The Morgan fingerprint density at radius 1 is 1.17 bits per heavy atom. The van der Waals surface area contributed by atoms with E-state index in [1.54, 1.807) is 25.2 Å². The number of likely N-dealkylation sites (N-methyl/N-ethyl adjacent to an activating group) is 1. The Morgan fingerprint density at radius 3 is 2.50 bits per heavy atom. The number of nitrogens with zero attached hydrogens (tertiary/aromatic N) is 2. The highest BCUT2D eigenvalue weighted by molar-refractivity contribution is 6.42. The zero-order valence-corrected chi connectivity index (χ0v) is 19.4. The Bertz CT molecular complexity index is 795. The number of nitrogens with one attached hydrogen (secondary N) is 2. The first-order valence-corrected chi connectivity index (χ1v) is 10.8. The van der Waals surface area contributed by atoms with E-state index in [0.717, 1.165) is 12.8 Å². The predicted octanol–water partition coefficient (Wildman–Crippen LogP) is 3.16. The van der Waals surface area contributed by atoms with Gasteiger partial charge in [-0.25, -0.2) is 0 Å². The van der Waals surface area contributed by atoms with Crippen LogP contribution in [0.3, 0.4) is 0 Å². The van der Waals surface area contributed by atoms with Crippen molar-refractivity contribution in [2.24, 2.45) is 0 Å². The van der Waals surface area contributed by atoms with Crippen molar-refractivity contribution >= 4 is 46.6 Å². The molecule has 0 aliphatic carbocycles. The Morgan fingerprint density at radius 2 is 1.87 bits per heavy atom. The van der Waals surface area contributed by atoms with Gasteiger partial charge in [-0.3, -0.25) is 19.3 Å². The van der Waals surface area contributed by atoms with Crippen LogP contribution in [0, 0.1) is 0 Å². The minimum absolute atomic E-state index is 0.0237. The molecule has 1 aliphatic heterocycles. The average Bonchev–Trinajstić information content (AvgIpc) is 2.63. The Kier molecular flexibility index (Phi) is 8.52. The fourth-order valence-corrected chi connectivity index (χ4v) is 3.63. The van der Waals surface area contributed by atoms with Crippen molar-refractivity contribution < 1.29 is 14.4 Å². The van der Waals surface area contributed by atoms with E-state index in [0.29, 0.717) is 28.7 Å². The lowest BCUT2D eigenvalue weighted by Crippen LogP contribution is -2.52. The minimum Gasteiger partial charge on any atom is -0.350 e. The fraction of sp³-hybridized carbons (Fsp3) is 0.571. The molecule has 30 heavy (non-hydrogen) atoms. The number of likely N-dealkylation sites (tertiary alicyclic amines) is 1. The molecule has 2 rings (SSSR count). The van der Waals surface area contributed by atoms with Crippen LogP contribution in [0.2, 0.25) is 10.0 Å². The summed E-state index contributed by atoms with van der Waals surface area (Å²) in [7, 11) is 1.60. The number of halogens is 2. The monoisotopic (exact) mass is 456 g/mol. The van der Waals surface area contributed by atoms with Crippen LogP contribution < -0.4 is 10.6 Å². The lowest BCUT2D eigenvalue weighted by atomic mass is 10.0. The summed E-state index contributed by atoms with van der Waals surface area (Å²) in [4.78, 5) is 40.9. The second kappa shape index (κ2) is 10.5. The molecular weight excluding hydrogens is 427 g/mol. The van der Waals surface area contributed by atoms with E-state index in [9.17, 15) is 14.4 Å². The third-order valence-electron chi connectivity index (χ3n) is 4.76. The lowest BCUT2D eigenvalue weighted by molar-refractivity contribution is -0.137. The van der Waals surface area contributed by atoms with E-state index in [4.69, 9.17) is 23.2 Å². The summed E-state index contributed by atoms with van der Waals surface area (Å²) in [5.74, 6) is -0.604. The zero-order valence-electron chi connectivity index (χ0n) is 17.9. The molecule has 0 saturated carbocycles. The van der Waals surface area contributed by atoms with Gasteiger partial charge >= 0.3 is 0 Å². The molecule has 0 spiro atoms. The molecule has 1 unspecified atom stereocenters. The van der Waals surface area contributed by atoms with Crippen molar-refractivity contribution in [2.45, 2.75) is 51.6 Å². The van der Waals surface area contributed by atoms with Gasteiger partial charge in [0, 0.05) is 18.3 Å². The highest BCUT2D eigenvalue weighted by Gasteiger charge is 2.31. The van der Waals surface area contributed by atoms with Crippen LogP contribution in [-0.2, 0) is 14.4 Å². The second-order valence-corrected chi connectivity index (χ2v) is 9.46. The van der Waals surface area contributed by atoms with Crippen LogP contribution in [0.15, 0.2) is 18.2 Å². The summed E-state index contributed by atoms with van der Waals surface area (Å²) in [6.45, 7) is 6.36. The van der Waals surface area contributed by atoms with Gasteiger partial charge < -0.3 is 15.5 Å². The van der Waals surface area contributed by atoms with Crippen LogP contribution in [0.5, 0.6) is 0 Å². The summed E-state index contributed by atoms with van der Waals surface area (Å²) in [6.07, 6.45) is 2.49. The molecular formula is C21H30Cl2N4O3. The normalized spacial score (nSPS) is 17.3. The maximum absolute atomic E-state index is 12.8. The first kappa shape index (κ1) is 24.4. The molecule has 9 heteroatoms. The molecule has 3 amide bonds. The summed E-state index contributed by atoms with van der Waals surface area (Å²) >= 11 is 11.9. The number of anilines is 1. The topological polar surface area (TPSA) is 81.8 Å².